The van der Waals surface area contributed by atoms with Crippen LogP contribution in [0.15, 0.2) is 0 Å². The molecule has 0 aliphatic rings. The van der Waals surface area contributed by atoms with Crippen LogP contribution in [0.2, 0.25) is 0 Å². The van der Waals surface area contributed by atoms with Crippen LogP contribution in [0.4, 0.5) is 0 Å². The van der Waals surface area contributed by atoms with Crippen molar-refractivity contribution in [3.8, 4) is 0 Å². The monoisotopic (exact) mass is 252 g/mol. The summed E-state index contributed by atoms with van der Waals surface area (Å²) in [5, 5.41) is 3.02. The van der Waals surface area contributed by atoms with Crippen molar-refractivity contribution in [1.82, 2.24) is 10.2 Å². The summed E-state index contributed by atoms with van der Waals surface area (Å²) in [6.07, 6.45) is 0. The Labute approximate surface area is 105 Å². The largest absolute Gasteiger partial charge is 0.380 e. The van der Waals surface area contributed by atoms with Crippen molar-refractivity contribution in [3.63, 3.8) is 0 Å². The minimum atomic E-state index is 0. The number of halogens is 1. The fraction of sp³-hybridized carbons (Fsp3) is 0.909. The van der Waals surface area contributed by atoms with Crippen molar-refractivity contribution < 1.29 is 9.53 Å². The highest BCUT2D eigenvalue weighted by atomic mass is 35.5. The van der Waals surface area contributed by atoms with Gasteiger partial charge >= 0.3 is 0 Å². The van der Waals surface area contributed by atoms with E-state index in [1.165, 1.54) is 0 Å². The lowest BCUT2D eigenvalue weighted by molar-refractivity contribution is -0.135. The number of hydrogen-bond acceptors (Lipinski definition) is 3. The summed E-state index contributed by atoms with van der Waals surface area (Å²) in [5.41, 5.74) is 0. The van der Waals surface area contributed by atoms with E-state index in [4.69, 9.17) is 4.74 Å². The normalized spacial score (nSPS) is 11.8. The second kappa shape index (κ2) is 11.2. The summed E-state index contributed by atoms with van der Waals surface area (Å²) in [6, 6.07) is 0. The Morgan fingerprint density at radius 2 is 2.06 bits per heavy atom. The number of ether oxygens (including phenoxy) is 1. The molecular weight excluding hydrogens is 228 g/mol. The SMILES string of the molecule is CCOCCN(CC)C(=O)C(C)CNC.Cl. The van der Waals surface area contributed by atoms with Gasteiger partial charge in [-0.2, -0.15) is 0 Å². The topological polar surface area (TPSA) is 41.6 Å². The van der Waals surface area contributed by atoms with E-state index in [9.17, 15) is 4.79 Å². The molecule has 0 aromatic carbocycles. The van der Waals surface area contributed by atoms with Crippen LogP contribution in [-0.4, -0.2) is 50.7 Å². The molecule has 0 rings (SSSR count). The van der Waals surface area contributed by atoms with Gasteiger partial charge in [0.15, 0.2) is 0 Å². The summed E-state index contributed by atoms with van der Waals surface area (Å²) in [5.74, 6) is 0.239. The molecule has 98 valence electrons. The number of amides is 1. The molecule has 0 bridgehead atoms. The third-order valence-electron chi connectivity index (χ3n) is 2.33. The van der Waals surface area contributed by atoms with Gasteiger partial charge in [-0.05, 0) is 20.9 Å². The first kappa shape index (κ1) is 18.1. The van der Waals surface area contributed by atoms with Crippen LogP contribution in [0.3, 0.4) is 0 Å². The zero-order valence-corrected chi connectivity index (χ0v) is 11.6. The molecule has 5 heteroatoms. The smallest absolute Gasteiger partial charge is 0.226 e. The van der Waals surface area contributed by atoms with Crippen LogP contribution in [-0.2, 0) is 9.53 Å². The van der Waals surface area contributed by atoms with E-state index in [0.717, 1.165) is 13.1 Å². The first-order valence-electron chi connectivity index (χ1n) is 5.68. The second-order valence-electron chi connectivity index (χ2n) is 3.57. The Morgan fingerprint density at radius 3 is 2.50 bits per heavy atom. The summed E-state index contributed by atoms with van der Waals surface area (Å²) in [4.78, 5) is 13.7. The molecule has 0 aliphatic carbocycles. The fourth-order valence-electron chi connectivity index (χ4n) is 1.45. The number of rotatable bonds is 8. The van der Waals surface area contributed by atoms with E-state index in [1.807, 2.05) is 32.7 Å². The van der Waals surface area contributed by atoms with Crippen LogP contribution in [0.5, 0.6) is 0 Å². The molecule has 0 fully saturated rings. The molecule has 1 unspecified atom stereocenters. The van der Waals surface area contributed by atoms with Crippen LogP contribution < -0.4 is 5.32 Å². The van der Waals surface area contributed by atoms with Gasteiger partial charge in [0.05, 0.1) is 6.61 Å². The van der Waals surface area contributed by atoms with Crippen molar-refractivity contribution in [1.29, 1.82) is 0 Å². The summed E-state index contributed by atoms with van der Waals surface area (Å²) in [6.45, 7) is 9.40. The van der Waals surface area contributed by atoms with Crippen molar-refractivity contribution in [2.45, 2.75) is 20.8 Å². The van der Waals surface area contributed by atoms with E-state index in [0.29, 0.717) is 19.8 Å². The molecule has 0 spiro atoms. The van der Waals surface area contributed by atoms with Crippen molar-refractivity contribution in [2.24, 2.45) is 5.92 Å². The highest BCUT2D eigenvalue weighted by Crippen LogP contribution is 2.01. The molecule has 0 saturated carbocycles. The lowest BCUT2D eigenvalue weighted by Gasteiger charge is -2.24. The predicted molar refractivity (Wildman–Crippen MR) is 69.1 cm³/mol. The number of hydrogen-bond donors (Lipinski definition) is 1. The Kier molecular flexibility index (Phi) is 12.6. The van der Waals surface area contributed by atoms with Crippen LogP contribution in [0.1, 0.15) is 20.8 Å². The van der Waals surface area contributed by atoms with Crippen LogP contribution in [0, 0.1) is 5.92 Å². The lowest BCUT2D eigenvalue weighted by atomic mass is 10.1. The van der Waals surface area contributed by atoms with Gasteiger partial charge in [-0.25, -0.2) is 0 Å². The highest BCUT2D eigenvalue weighted by Gasteiger charge is 2.17. The molecule has 0 heterocycles. The molecule has 0 aliphatic heterocycles. The molecule has 1 N–H and O–H groups in total. The predicted octanol–water partition coefficient (Wildman–Crippen LogP) is 1.15. The quantitative estimate of drug-likeness (QED) is 0.659. The van der Waals surface area contributed by atoms with E-state index in [2.05, 4.69) is 5.32 Å². The minimum Gasteiger partial charge on any atom is -0.380 e. The number of carbonyl (C=O) groups is 1. The van der Waals surface area contributed by atoms with Gasteiger partial charge in [-0.1, -0.05) is 6.92 Å². The van der Waals surface area contributed by atoms with E-state index < -0.39 is 0 Å². The molecule has 0 aromatic rings. The van der Waals surface area contributed by atoms with Gasteiger partial charge < -0.3 is 15.0 Å². The van der Waals surface area contributed by atoms with Crippen molar-refractivity contribution in [2.75, 3.05) is 39.9 Å². The van der Waals surface area contributed by atoms with Gasteiger partial charge in [-0.3, -0.25) is 4.79 Å². The zero-order chi connectivity index (χ0) is 11.7. The summed E-state index contributed by atoms with van der Waals surface area (Å²) in [7, 11) is 1.86. The van der Waals surface area contributed by atoms with Crippen molar-refractivity contribution >= 4 is 18.3 Å². The van der Waals surface area contributed by atoms with Crippen LogP contribution in [0.25, 0.3) is 0 Å². The van der Waals surface area contributed by atoms with E-state index in [1.54, 1.807) is 0 Å². The Morgan fingerprint density at radius 1 is 1.44 bits per heavy atom. The average molecular weight is 253 g/mol. The number of carbonyl (C=O) groups excluding carboxylic acids is 1. The van der Waals surface area contributed by atoms with Gasteiger partial charge in [0, 0.05) is 32.2 Å². The number of likely N-dealkylation sites (N-methyl/N-ethyl adjacent to an activating group) is 1. The summed E-state index contributed by atoms with van der Waals surface area (Å²) < 4.78 is 5.25. The van der Waals surface area contributed by atoms with Gasteiger partial charge in [-0.15, -0.1) is 12.4 Å². The minimum absolute atomic E-state index is 0. The average Bonchev–Trinajstić information content (AvgIpc) is 2.24. The molecule has 1 amide bonds. The van der Waals surface area contributed by atoms with Crippen molar-refractivity contribution in [3.05, 3.63) is 0 Å². The Balaban J connectivity index is 0. The first-order chi connectivity index (χ1) is 7.17. The van der Waals surface area contributed by atoms with Gasteiger partial charge in [0.2, 0.25) is 5.91 Å². The molecule has 0 radical (unpaired) electrons. The third-order valence-corrected chi connectivity index (χ3v) is 2.33. The second-order valence-corrected chi connectivity index (χ2v) is 3.57. The molecule has 1 atom stereocenters. The maximum Gasteiger partial charge on any atom is 0.226 e. The molecule has 0 aromatic heterocycles. The third kappa shape index (κ3) is 7.04. The molecule has 16 heavy (non-hydrogen) atoms. The maximum absolute atomic E-state index is 11.9. The van der Waals surface area contributed by atoms with Crippen LogP contribution >= 0.6 is 12.4 Å². The Hall–Kier alpha value is -0.320. The maximum atomic E-state index is 11.9. The molecular formula is C11H25ClN2O2. The van der Waals surface area contributed by atoms with E-state index in [-0.39, 0.29) is 24.2 Å². The zero-order valence-electron chi connectivity index (χ0n) is 10.8. The Bertz CT molecular complexity index is 179. The van der Waals surface area contributed by atoms with Gasteiger partial charge in [0.25, 0.3) is 0 Å². The molecule has 4 nitrogen and oxygen atoms in total. The van der Waals surface area contributed by atoms with E-state index >= 15 is 0 Å². The standard InChI is InChI=1S/C11H24N2O2.ClH/c1-5-13(7-8-15-6-2)11(14)10(3)9-12-4;/h10,12H,5-9H2,1-4H3;1H. The first-order valence-corrected chi connectivity index (χ1v) is 5.68. The summed E-state index contributed by atoms with van der Waals surface area (Å²) >= 11 is 0. The fourth-order valence-corrected chi connectivity index (χ4v) is 1.45. The number of nitrogens with one attached hydrogen (secondary N) is 1. The highest BCUT2D eigenvalue weighted by molar-refractivity contribution is 5.85. The van der Waals surface area contributed by atoms with Gasteiger partial charge in [0.1, 0.15) is 0 Å². The lowest BCUT2D eigenvalue weighted by Crippen LogP contribution is -2.40. The number of nitrogens with zero attached hydrogens (tertiary/aromatic N) is 1. The molecule has 0 saturated heterocycles.